The molecule has 3 heteroatoms. The van der Waals surface area contributed by atoms with E-state index in [0.29, 0.717) is 11.8 Å². The van der Waals surface area contributed by atoms with Gasteiger partial charge in [-0.1, -0.05) is 29.8 Å². The normalized spacial score (nSPS) is 23.5. The van der Waals surface area contributed by atoms with Crippen LogP contribution in [0.3, 0.4) is 0 Å². The minimum absolute atomic E-state index is 0.545. The zero-order valence-corrected chi connectivity index (χ0v) is 11.6. The van der Waals surface area contributed by atoms with E-state index in [4.69, 9.17) is 0 Å². The summed E-state index contributed by atoms with van der Waals surface area (Å²) in [7, 11) is 2.09. The van der Waals surface area contributed by atoms with Crippen LogP contribution in [0.1, 0.15) is 35.1 Å². The molecule has 1 aliphatic heterocycles. The van der Waals surface area contributed by atoms with Gasteiger partial charge in [0.1, 0.15) is 0 Å². The van der Waals surface area contributed by atoms with Crippen molar-refractivity contribution in [1.82, 2.24) is 14.9 Å². The van der Waals surface area contributed by atoms with Gasteiger partial charge in [-0.05, 0) is 25.5 Å². The van der Waals surface area contributed by atoms with Crippen LogP contribution >= 0.6 is 0 Å². The Morgan fingerprint density at radius 1 is 1.32 bits per heavy atom. The number of nitrogens with one attached hydrogen (secondary N) is 1. The Morgan fingerprint density at radius 2 is 2.21 bits per heavy atom. The van der Waals surface area contributed by atoms with E-state index in [2.05, 4.69) is 53.1 Å². The molecular formula is C16H21N3. The van der Waals surface area contributed by atoms with Crippen molar-refractivity contribution >= 4 is 0 Å². The second-order valence-electron chi connectivity index (χ2n) is 5.55. The zero-order chi connectivity index (χ0) is 13.2. The van der Waals surface area contributed by atoms with Gasteiger partial charge in [0, 0.05) is 37.3 Å². The minimum atomic E-state index is 0.545. The summed E-state index contributed by atoms with van der Waals surface area (Å²) in [4.78, 5) is 4.29. The first-order valence-electron chi connectivity index (χ1n) is 6.99. The van der Waals surface area contributed by atoms with E-state index in [1.165, 1.54) is 23.2 Å². The summed E-state index contributed by atoms with van der Waals surface area (Å²) in [6, 6.07) is 8.91. The van der Waals surface area contributed by atoms with Gasteiger partial charge in [0.15, 0.2) is 0 Å². The van der Waals surface area contributed by atoms with Crippen molar-refractivity contribution in [2.75, 3.05) is 13.1 Å². The van der Waals surface area contributed by atoms with Gasteiger partial charge in [-0.3, -0.25) is 0 Å². The molecule has 1 fully saturated rings. The number of hydrogen-bond acceptors (Lipinski definition) is 2. The molecule has 1 aromatic heterocycles. The first-order valence-corrected chi connectivity index (χ1v) is 6.99. The molecule has 2 heterocycles. The largest absolute Gasteiger partial charge is 0.337 e. The molecule has 0 radical (unpaired) electrons. The van der Waals surface area contributed by atoms with Gasteiger partial charge in [-0.25, -0.2) is 4.98 Å². The van der Waals surface area contributed by atoms with Crippen molar-refractivity contribution in [2.45, 2.75) is 25.2 Å². The molecule has 3 nitrogen and oxygen atoms in total. The molecule has 0 aliphatic carbocycles. The number of benzene rings is 1. The van der Waals surface area contributed by atoms with Gasteiger partial charge in [-0.15, -0.1) is 0 Å². The molecule has 1 aliphatic rings. The van der Waals surface area contributed by atoms with Crippen LogP contribution in [0.25, 0.3) is 0 Å². The van der Waals surface area contributed by atoms with Crippen molar-refractivity contribution in [3.8, 4) is 0 Å². The summed E-state index contributed by atoms with van der Waals surface area (Å²) < 4.78 is 2.17. The van der Waals surface area contributed by atoms with Crippen LogP contribution in [-0.2, 0) is 7.05 Å². The third kappa shape index (κ3) is 2.43. The minimum Gasteiger partial charge on any atom is -0.337 e. The van der Waals surface area contributed by atoms with Crippen molar-refractivity contribution < 1.29 is 0 Å². The molecule has 1 aromatic carbocycles. The summed E-state index contributed by atoms with van der Waals surface area (Å²) in [6.07, 6.45) is 5.11. The average Bonchev–Trinajstić information content (AvgIpc) is 2.85. The average molecular weight is 255 g/mol. The highest BCUT2D eigenvalue weighted by Gasteiger charge is 2.29. The topological polar surface area (TPSA) is 29.9 Å². The van der Waals surface area contributed by atoms with E-state index < -0.39 is 0 Å². The number of nitrogens with zero attached hydrogens (tertiary/aromatic N) is 2. The van der Waals surface area contributed by atoms with Crippen LogP contribution < -0.4 is 5.32 Å². The van der Waals surface area contributed by atoms with E-state index in [1.54, 1.807) is 0 Å². The van der Waals surface area contributed by atoms with E-state index in [1.807, 2.05) is 12.5 Å². The molecule has 1 N–H and O–H groups in total. The van der Waals surface area contributed by atoms with E-state index in [9.17, 15) is 0 Å². The SMILES string of the molecule is Cc1cccc(C2CNCCC2c2cncn2C)c1. The highest BCUT2D eigenvalue weighted by molar-refractivity contribution is 5.30. The van der Waals surface area contributed by atoms with Crippen LogP contribution in [-0.4, -0.2) is 22.6 Å². The van der Waals surface area contributed by atoms with Crippen LogP contribution in [0, 0.1) is 6.92 Å². The maximum atomic E-state index is 4.29. The monoisotopic (exact) mass is 255 g/mol. The van der Waals surface area contributed by atoms with Crippen molar-refractivity contribution in [3.05, 3.63) is 53.6 Å². The molecule has 2 aromatic rings. The summed E-state index contributed by atoms with van der Waals surface area (Å²) >= 11 is 0. The van der Waals surface area contributed by atoms with Gasteiger partial charge in [0.2, 0.25) is 0 Å². The van der Waals surface area contributed by atoms with Gasteiger partial charge in [0.25, 0.3) is 0 Å². The zero-order valence-electron chi connectivity index (χ0n) is 11.6. The Labute approximate surface area is 114 Å². The van der Waals surface area contributed by atoms with Crippen molar-refractivity contribution in [1.29, 1.82) is 0 Å². The molecule has 0 spiro atoms. The fraction of sp³-hybridized carbons (Fsp3) is 0.438. The number of aryl methyl sites for hydroxylation is 2. The van der Waals surface area contributed by atoms with Crippen molar-refractivity contribution in [2.24, 2.45) is 7.05 Å². The Hall–Kier alpha value is -1.61. The molecule has 0 saturated carbocycles. The summed E-state index contributed by atoms with van der Waals surface area (Å²) in [5.41, 5.74) is 4.14. The van der Waals surface area contributed by atoms with Crippen LogP contribution in [0.4, 0.5) is 0 Å². The fourth-order valence-electron chi connectivity index (χ4n) is 3.19. The first kappa shape index (κ1) is 12.4. The Morgan fingerprint density at radius 3 is 2.95 bits per heavy atom. The molecule has 3 rings (SSSR count). The lowest BCUT2D eigenvalue weighted by atomic mass is 9.79. The standard InChI is InChI=1S/C16H21N3/c1-12-4-3-5-13(8-12)15-9-17-7-6-14(15)16-10-18-11-19(16)2/h3-5,8,10-11,14-15,17H,6-7,9H2,1-2H3. The highest BCUT2D eigenvalue weighted by Crippen LogP contribution is 2.37. The Kier molecular flexibility index (Phi) is 3.38. The number of rotatable bonds is 2. The number of imidazole rings is 1. The molecule has 100 valence electrons. The molecule has 0 bridgehead atoms. The lowest BCUT2D eigenvalue weighted by Crippen LogP contribution is -2.34. The quantitative estimate of drug-likeness (QED) is 0.894. The van der Waals surface area contributed by atoms with Gasteiger partial charge < -0.3 is 9.88 Å². The van der Waals surface area contributed by atoms with E-state index in [-0.39, 0.29) is 0 Å². The Bertz CT molecular complexity index is 559. The summed E-state index contributed by atoms with van der Waals surface area (Å²) in [6.45, 7) is 4.32. The molecule has 2 atom stereocenters. The number of piperidine rings is 1. The van der Waals surface area contributed by atoms with Gasteiger partial charge in [-0.2, -0.15) is 0 Å². The smallest absolute Gasteiger partial charge is 0.0945 e. The number of hydrogen-bond donors (Lipinski definition) is 1. The van der Waals surface area contributed by atoms with Gasteiger partial charge >= 0.3 is 0 Å². The molecule has 0 amide bonds. The second kappa shape index (κ2) is 5.17. The molecule has 19 heavy (non-hydrogen) atoms. The third-order valence-corrected chi connectivity index (χ3v) is 4.19. The maximum absolute atomic E-state index is 4.29. The lowest BCUT2D eigenvalue weighted by molar-refractivity contribution is 0.391. The van der Waals surface area contributed by atoms with Crippen LogP contribution in [0.5, 0.6) is 0 Å². The fourth-order valence-corrected chi connectivity index (χ4v) is 3.19. The van der Waals surface area contributed by atoms with E-state index >= 15 is 0 Å². The van der Waals surface area contributed by atoms with Crippen molar-refractivity contribution in [3.63, 3.8) is 0 Å². The number of aromatic nitrogens is 2. The molecule has 2 unspecified atom stereocenters. The maximum Gasteiger partial charge on any atom is 0.0945 e. The molecular weight excluding hydrogens is 234 g/mol. The van der Waals surface area contributed by atoms with E-state index in [0.717, 1.165) is 13.1 Å². The predicted octanol–water partition coefficient (Wildman–Crippen LogP) is 2.59. The summed E-state index contributed by atoms with van der Waals surface area (Å²) in [5, 5.41) is 3.53. The Balaban J connectivity index is 1.96. The van der Waals surface area contributed by atoms with Crippen LogP contribution in [0.2, 0.25) is 0 Å². The lowest BCUT2D eigenvalue weighted by Gasteiger charge is -2.33. The second-order valence-corrected chi connectivity index (χ2v) is 5.55. The van der Waals surface area contributed by atoms with Gasteiger partial charge in [0.05, 0.1) is 6.33 Å². The third-order valence-electron chi connectivity index (χ3n) is 4.19. The first-order chi connectivity index (χ1) is 9.25. The highest BCUT2D eigenvalue weighted by atomic mass is 15.0. The summed E-state index contributed by atoms with van der Waals surface area (Å²) in [5.74, 6) is 1.11. The van der Waals surface area contributed by atoms with Crippen LogP contribution in [0.15, 0.2) is 36.8 Å². The molecule has 1 saturated heterocycles. The predicted molar refractivity (Wildman–Crippen MR) is 77.4 cm³/mol.